The van der Waals surface area contributed by atoms with Crippen molar-refractivity contribution >= 4 is 52.5 Å². The fraction of sp³-hybridized carbons (Fsp3) is 0.0909. The molecule has 0 spiro atoms. The van der Waals surface area contributed by atoms with E-state index in [0.29, 0.717) is 33.0 Å². The number of aliphatic imine (C=N–C) groups is 1. The average Bonchev–Trinajstić information content (AvgIpc) is 3.38. The first-order valence-electron chi connectivity index (χ1n) is 8.85. The van der Waals surface area contributed by atoms with Gasteiger partial charge < -0.3 is 14.2 Å². The molecule has 4 rings (SSSR count). The number of cyclic esters (lactones) is 1. The first-order valence-corrected chi connectivity index (χ1v) is 10.5. The van der Waals surface area contributed by atoms with Gasteiger partial charge in [0.05, 0.1) is 17.0 Å². The molecule has 0 amide bonds. The molecule has 8 heteroatoms. The van der Waals surface area contributed by atoms with Crippen LogP contribution in [0.3, 0.4) is 0 Å². The molecule has 1 aromatic heterocycles. The number of thiophene rings is 1. The third kappa shape index (κ3) is 4.36. The number of esters is 1. The molecule has 0 unspecified atom stereocenters. The average molecular weight is 460 g/mol. The highest BCUT2D eigenvalue weighted by Gasteiger charge is 2.25. The Bertz CT molecular complexity index is 1160. The Hall–Kier alpha value is -2.80. The third-order valence-corrected chi connectivity index (χ3v) is 5.74. The summed E-state index contributed by atoms with van der Waals surface area (Å²) in [4.78, 5) is 17.2. The molecular weight excluding hydrogens is 445 g/mol. The van der Waals surface area contributed by atoms with E-state index >= 15 is 0 Å². The Morgan fingerprint density at radius 3 is 2.70 bits per heavy atom. The second-order valence-electron chi connectivity index (χ2n) is 6.23. The van der Waals surface area contributed by atoms with E-state index in [4.69, 9.17) is 37.4 Å². The van der Waals surface area contributed by atoms with Crippen LogP contribution in [0.5, 0.6) is 11.5 Å². The van der Waals surface area contributed by atoms with Crippen LogP contribution in [0.15, 0.2) is 64.6 Å². The number of hydrogen-bond donors (Lipinski definition) is 0. The van der Waals surface area contributed by atoms with Crippen molar-refractivity contribution in [3.63, 3.8) is 0 Å². The van der Waals surface area contributed by atoms with Crippen LogP contribution in [0, 0.1) is 0 Å². The van der Waals surface area contributed by atoms with Gasteiger partial charge in [-0.05, 0) is 41.3 Å². The van der Waals surface area contributed by atoms with Gasteiger partial charge in [-0.25, -0.2) is 9.79 Å². The van der Waals surface area contributed by atoms with Crippen molar-refractivity contribution in [1.29, 1.82) is 0 Å². The summed E-state index contributed by atoms with van der Waals surface area (Å²) in [5.41, 5.74) is 1.64. The van der Waals surface area contributed by atoms with Crippen LogP contribution in [0.4, 0.5) is 0 Å². The number of benzene rings is 2. The number of rotatable bonds is 6. The zero-order chi connectivity index (χ0) is 21.1. The summed E-state index contributed by atoms with van der Waals surface area (Å²) in [5.74, 6) is 0.583. The summed E-state index contributed by atoms with van der Waals surface area (Å²) in [7, 11) is 1.52. The number of carbonyl (C=O) groups is 1. The number of nitrogens with zero attached hydrogens (tertiary/aromatic N) is 1. The lowest BCUT2D eigenvalue weighted by Gasteiger charge is -2.14. The molecule has 1 aliphatic heterocycles. The molecule has 0 fully saturated rings. The highest BCUT2D eigenvalue weighted by molar-refractivity contribution is 7.12. The fourth-order valence-electron chi connectivity index (χ4n) is 2.80. The van der Waals surface area contributed by atoms with E-state index < -0.39 is 5.97 Å². The largest absolute Gasteiger partial charge is 0.493 e. The van der Waals surface area contributed by atoms with Gasteiger partial charge in [0.25, 0.3) is 0 Å². The number of ether oxygens (including phenoxy) is 3. The summed E-state index contributed by atoms with van der Waals surface area (Å²) in [6.45, 7) is 0.233. The molecule has 2 aromatic carbocycles. The Morgan fingerprint density at radius 1 is 1.13 bits per heavy atom. The van der Waals surface area contributed by atoms with Crippen LogP contribution in [0.2, 0.25) is 10.0 Å². The maximum absolute atomic E-state index is 12.2. The summed E-state index contributed by atoms with van der Waals surface area (Å²) in [6.07, 6.45) is 1.59. The Morgan fingerprint density at radius 2 is 1.97 bits per heavy atom. The van der Waals surface area contributed by atoms with E-state index in [1.165, 1.54) is 18.4 Å². The van der Waals surface area contributed by atoms with Crippen molar-refractivity contribution in [2.75, 3.05) is 7.11 Å². The maximum atomic E-state index is 12.2. The molecule has 0 saturated heterocycles. The summed E-state index contributed by atoms with van der Waals surface area (Å²) >= 11 is 14.1. The number of carbonyl (C=O) groups excluding carboxylic acids is 1. The SMILES string of the molecule is COc1cc(C=C2N=C(c3cccs3)OC2=O)cc(Cl)c1OCc1ccccc1Cl. The van der Waals surface area contributed by atoms with Crippen LogP contribution < -0.4 is 9.47 Å². The summed E-state index contributed by atoms with van der Waals surface area (Å²) in [6, 6.07) is 14.5. The fourth-order valence-corrected chi connectivity index (χ4v) is 3.91. The van der Waals surface area contributed by atoms with Crippen LogP contribution in [0.25, 0.3) is 6.08 Å². The van der Waals surface area contributed by atoms with Crippen LogP contribution >= 0.6 is 34.5 Å². The van der Waals surface area contributed by atoms with Crippen molar-refractivity contribution < 1.29 is 19.0 Å². The van der Waals surface area contributed by atoms with E-state index in [1.807, 2.05) is 35.7 Å². The lowest BCUT2D eigenvalue weighted by atomic mass is 10.1. The van der Waals surface area contributed by atoms with Gasteiger partial charge in [0.1, 0.15) is 6.61 Å². The van der Waals surface area contributed by atoms with Crippen LogP contribution in [-0.4, -0.2) is 19.0 Å². The standard InChI is InChI=1S/C22H15Cl2NO4S/c1-27-18-11-13(10-17-22(26)29-21(25-17)19-7-4-8-30-19)9-16(24)20(18)28-12-14-5-2-3-6-15(14)23/h2-11H,12H2,1H3. The maximum Gasteiger partial charge on any atom is 0.363 e. The molecule has 0 bridgehead atoms. The van der Waals surface area contributed by atoms with E-state index in [-0.39, 0.29) is 12.3 Å². The predicted octanol–water partition coefficient (Wildman–Crippen LogP) is 5.99. The zero-order valence-electron chi connectivity index (χ0n) is 15.7. The second-order valence-corrected chi connectivity index (χ2v) is 7.99. The van der Waals surface area contributed by atoms with Crippen molar-refractivity contribution in [2.24, 2.45) is 4.99 Å². The first kappa shape index (κ1) is 20.5. The van der Waals surface area contributed by atoms with Gasteiger partial charge >= 0.3 is 5.97 Å². The first-order chi connectivity index (χ1) is 14.5. The van der Waals surface area contributed by atoms with Crippen molar-refractivity contribution in [1.82, 2.24) is 0 Å². The smallest absolute Gasteiger partial charge is 0.363 e. The third-order valence-electron chi connectivity index (χ3n) is 4.24. The van der Waals surface area contributed by atoms with Crippen LogP contribution in [-0.2, 0) is 16.1 Å². The zero-order valence-corrected chi connectivity index (χ0v) is 18.1. The molecule has 0 N–H and O–H groups in total. The summed E-state index contributed by atoms with van der Waals surface area (Å²) < 4.78 is 16.5. The van der Waals surface area contributed by atoms with Crippen molar-refractivity contribution in [3.05, 3.63) is 85.7 Å². The quantitative estimate of drug-likeness (QED) is 0.335. The second kappa shape index (κ2) is 8.92. The van der Waals surface area contributed by atoms with Crippen molar-refractivity contribution in [3.8, 4) is 11.5 Å². The number of hydrogen-bond acceptors (Lipinski definition) is 6. The number of halogens is 2. The number of methoxy groups -OCH3 is 1. The Kier molecular flexibility index (Phi) is 6.08. The molecule has 0 saturated carbocycles. The molecule has 2 heterocycles. The van der Waals surface area contributed by atoms with Gasteiger partial charge in [0, 0.05) is 10.6 Å². The Labute approximate surface area is 187 Å². The highest BCUT2D eigenvalue weighted by atomic mass is 35.5. The van der Waals surface area contributed by atoms with E-state index in [1.54, 1.807) is 24.3 Å². The lowest BCUT2D eigenvalue weighted by Crippen LogP contribution is -2.03. The molecule has 152 valence electrons. The molecule has 0 radical (unpaired) electrons. The molecule has 0 aliphatic carbocycles. The molecule has 5 nitrogen and oxygen atoms in total. The highest BCUT2D eigenvalue weighted by Crippen LogP contribution is 2.38. The molecule has 0 atom stereocenters. The van der Waals surface area contributed by atoms with E-state index in [0.717, 1.165) is 10.4 Å². The topological polar surface area (TPSA) is 57.1 Å². The minimum absolute atomic E-state index is 0.182. The Balaban J connectivity index is 1.60. The van der Waals surface area contributed by atoms with Gasteiger partial charge in [0.15, 0.2) is 17.2 Å². The van der Waals surface area contributed by atoms with Crippen LogP contribution in [0.1, 0.15) is 16.0 Å². The normalized spacial score (nSPS) is 14.6. The van der Waals surface area contributed by atoms with Gasteiger partial charge in [-0.15, -0.1) is 11.3 Å². The van der Waals surface area contributed by atoms with Gasteiger partial charge in [0.2, 0.25) is 5.90 Å². The molecular formula is C22H15Cl2NO4S. The summed E-state index contributed by atoms with van der Waals surface area (Å²) in [5, 5.41) is 2.83. The minimum atomic E-state index is -0.521. The molecule has 1 aliphatic rings. The lowest BCUT2D eigenvalue weighted by molar-refractivity contribution is -0.129. The molecule has 3 aromatic rings. The monoisotopic (exact) mass is 459 g/mol. The van der Waals surface area contributed by atoms with Gasteiger partial charge in [-0.1, -0.05) is 47.5 Å². The minimum Gasteiger partial charge on any atom is -0.493 e. The predicted molar refractivity (Wildman–Crippen MR) is 119 cm³/mol. The van der Waals surface area contributed by atoms with Crippen molar-refractivity contribution in [2.45, 2.75) is 6.61 Å². The molecule has 30 heavy (non-hydrogen) atoms. The van der Waals surface area contributed by atoms with E-state index in [2.05, 4.69) is 4.99 Å². The van der Waals surface area contributed by atoms with Gasteiger partial charge in [-0.2, -0.15) is 0 Å². The van der Waals surface area contributed by atoms with E-state index in [9.17, 15) is 4.79 Å². The van der Waals surface area contributed by atoms with Gasteiger partial charge in [-0.3, -0.25) is 0 Å².